The summed E-state index contributed by atoms with van der Waals surface area (Å²) in [5.41, 5.74) is 0. The number of rotatable bonds is 5. The van der Waals surface area contributed by atoms with E-state index in [-0.39, 0.29) is 11.8 Å². The van der Waals surface area contributed by atoms with Crippen LogP contribution >= 0.6 is 0 Å². The first-order valence-corrected chi connectivity index (χ1v) is 6.95. The van der Waals surface area contributed by atoms with E-state index in [1.54, 1.807) is 18.9 Å². The zero-order valence-corrected chi connectivity index (χ0v) is 12.3. The summed E-state index contributed by atoms with van der Waals surface area (Å²) in [6, 6.07) is 6.79. The number of carbonyl (C=O) groups is 2. The maximum absolute atomic E-state index is 12.1. The number of hydrogen-bond donors (Lipinski definition) is 1. The molecule has 1 heterocycles. The molecule has 2 amide bonds. The van der Waals surface area contributed by atoms with Crippen LogP contribution in [0.2, 0.25) is 0 Å². The van der Waals surface area contributed by atoms with Gasteiger partial charge in [-0.05, 0) is 31.2 Å². The molecule has 2 rings (SSSR count). The van der Waals surface area contributed by atoms with Crippen LogP contribution in [0.15, 0.2) is 24.3 Å². The molecule has 6 nitrogen and oxygen atoms in total. The van der Waals surface area contributed by atoms with Crippen molar-refractivity contribution in [3.05, 3.63) is 24.3 Å². The van der Waals surface area contributed by atoms with Gasteiger partial charge in [0, 0.05) is 13.0 Å². The second kappa shape index (κ2) is 6.97. The Kier molecular flexibility index (Phi) is 5.03. The molecule has 0 aromatic heterocycles. The average Bonchev–Trinajstić information content (AvgIpc) is 2.61. The molecule has 1 aliphatic heterocycles. The average molecular weight is 292 g/mol. The van der Waals surface area contributed by atoms with Crippen LogP contribution in [0.1, 0.15) is 13.3 Å². The van der Waals surface area contributed by atoms with E-state index in [9.17, 15) is 9.59 Å². The van der Waals surface area contributed by atoms with Crippen molar-refractivity contribution in [2.45, 2.75) is 19.4 Å². The van der Waals surface area contributed by atoms with E-state index in [0.29, 0.717) is 26.1 Å². The summed E-state index contributed by atoms with van der Waals surface area (Å²) in [7, 11) is 1.61. The van der Waals surface area contributed by atoms with E-state index in [0.717, 1.165) is 11.5 Å². The summed E-state index contributed by atoms with van der Waals surface area (Å²) in [6.07, 6.45) is 0.332. The Morgan fingerprint density at radius 3 is 2.57 bits per heavy atom. The lowest BCUT2D eigenvalue weighted by Gasteiger charge is -2.22. The van der Waals surface area contributed by atoms with E-state index in [4.69, 9.17) is 9.47 Å². The molecule has 114 valence electrons. The molecule has 0 spiro atoms. The predicted molar refractivity (Wildman–Crippen MR) is 77.3 cm³/mol. The summed E-state index contributed by atoms with van der Waals surface area (Å²) < 4.78 is 10.7. The minimum absolute atomic E-state index is 0.0702. The summed E-state index contributed by atoms with van der Waals surface area (Å²) in [6.45, 7) is 2.98. The van der Waals surface area contributed by atoms with Gasteiger partial charge in [0.1, 0.15) is 24.1 Å². The number of methoxy groups -OCH3 is 1. The Hall–Kier alpha value is -2.24. The van der Waals surface area contributed by atoms with Crippen LogP contribution in [-0.4, -0.2) is 49.6 Å². The molecule has 0 saturated carbocycles. The van der Waals surface area contributed by atoms with Crippen molar-refractivity contribution in [2.24, 2.45) is 0 Å². The van der Waals surface area contributed by atoms with Crippen LogP contribution in [0.4, 0.5) is 0 Å². The fourth-order valence-corrected chi connectivity index (χ4v) is 2.16. The number of carbonyl (C=O) groups excluding carboxylic acids is 2. The van der Waals surface area contributed by atoms with E-state index >= 15 is 0 Å². The molecule has 21 heavy (non-hydrogen) atoms. The molecule has 1 saturated heterocycles. The van der Waals surface area contributed by atoms with E-state index in [2.05, 4.69) is 5.32 Å². The van der Waals surface area contributed by atoms with Gasteiger partial charge in [0.05, 0.1) is 13.7 Å². The molecular weight excluding hydrogens is 272 g/mol. The number of nitrogens with one attached hydrogen (secondary N) is 1. The van der Waals surface area contributed by atoms with Crippen molar-refractivity contribution in [3.63, 3.8) is 0 Å². The first kappa shape index (κ1) is 15.2. The van der Waals surface area contributed by atoms with E-state index < -0.39 is 6.04 Å². The highest BCUT2D eigenvalue weighted by molar-refractivity contribution is 5.89. The highest BCUT2D eigenvalue weighted by Gasteiger charge is 2.26. The number of amides is 2. The summed E-state index contributed by atoms with van der Waals surface area (Å²) in [5, 5.41) is 2.66. The van der Waals surface area contributed by atoms with Crippen molar-refractivity contribution in [1.29, 1.82) is 0 Å². The number of hydrogen-bond acceptors (Lipinski definition) is 4. The standard InChI is InChI=1S/C15H20N2O4/c1-11-15(19)17(8-7-14(18)16-11)9-10-21-13-5-3-12(20-2)4-6-13/h3-6,11H,7-10H2,1-2H3,(H,16,18). The van der Waals surface area contributed by atoms with Crippen LogP contribution in [-0.2, 0) is 9.59 Å². The Morgan fingerprint density at radius 1 is 1.24 bits per heavy atom. The van der Waals surface area contributed by atoms with Gasteiger partial charge in [-0.2, -0.15) is 0 Å². The lowest BCUT2D eigenvalue weighted by atomic mass is 10.3. The molecule has 1 aliphatic rings. The molecule has 6 heteroatoms. The molecular formula is C15H20N2O4. The topological polar surface area (TPSA) is 67.9 Å². The predicted octanol–water partition coefficient (Wildman–Crippen LogP) is 0.811. The fraction of sp³-hybridized carbons (Fsp3) is 0.467. The summed E-state index contributed by atoms with van der Waals surface area (Å²) in [4.78, 5) is 25.1. The molecule has 0 aliphatic carbocycles. The highest BCUT2D eigenvalue weighted by atomic mass is 16.5. The minimum atomic E-state index is -0.471. The van der Waals surface area contributed by atoms with Crippen LogP contribution < -0.4 is 14.8 Å². The van der Waals surface area contributed by atoms with Gasteiger partial charge in [-0.3, -0.25) is 9.59 Å². The zero-order valence-electron chi connectivity index (χ0n) is 12.3. The molecule has 1 atom stereocenters. The lowest BCUT2D eigenvalue weighted by molar-refractivity contribution is -0.133. The maximum atomic E-state index is 12.1. The Bertz CT molecular complexity index is 501. The second-order valence-electron chi connectivity index (χ2n) is 4.89. The summed E-state index contributed by atoms with van der Waals surface area (Å²) >= 11 is 0. The van der Waals surface area contributed by atoms with Gasteiger partial charge in [-0.15, -0.1) is 0 Å². The minimum Gasteiger partial charge on any atom is -0.497 e. The van der Waals surface area contributed by atoms with Gasteiger partial charge in [0.2, 0.25) is 11.8 Å². The van der Waals surface area contributed by atoms with Gasteiger partial charge in [0.15, 0.2) is 0 Å². The normalized spacial score (nSPS) is 19.0. The number of nitrogens with zero attached hydrogens (tertiary/aromatic N) is 1. The third-order valence-corrected chi connectivity index (χ3v) is 3.36. The molecule has 1 aromatic rings. The van der Waals surface area contributed by atoms with Gasteiger partial charge >= 0.3 is 0 Å². The van der Waals surface area contributed by atoms with Crippen molar-refractivity contribution in [3.8, 4) is 11.5 Å². The third-order valence-electron chi connectivity index (χ3n) is 3.36. The molecule has 1 fully saturated rings. The van der Waals surface area contributed by atoms with Gasteiger partial charge in [-0.1, -0.05) is 0 Å². The highest BCUT2D eigenvalue weighted by Crippen LogP contribution is 2.17. The Balaban J connectivity index is 1.84. The van der Waals surface area contributed by atoms with Crippen LogP contribution in [0.5, 0.6) is 11.5 Å². The lowest BCUT2D eigenvalue weighted by Crippen LogP contribution is -2.43. The Morgan fingerprint density at radius 2 is 1.90 bits per heavy atom. The molecule has 1 unspecified atom stereocenters. The van der Waals surface area contributed by atoms with Crippen molar-refractivity contribution < 1.29 is 19.1 Å². The van der Waals surface area contributed by atoms with Crippen molar-refractivity contribution >= 4 is 11.8 Å². The fourth-order valence-electron chi connectivity index (χ4n) is 2.16. The summed E-state index contributed by atoms with van der Waals surface area (Å²) in [5.74, 6) is 1.33. The molecule has 1 aromatic carbocycles. The smallest absolute Gasteiger partial charge is 0.244 e. The Labute approximate surface area is 124 Å². The molecule has 1 N–H and O–H groups in total. The number of benzene rings is 1. The SMILES string of the molecule is COc1ccc(OCCN2CCC(=O)NC(C)C2=O)cc1. The molecule has 0 bridgehead atoms. The molecule has 0 radical (unpaired) electrons. The monoisotopic (exact) mass is 292 g/mol. The van der Waals surface area contributed by atoms with E-state index in [1.165, 1.54) is 0 Å². The van der Waals surface area contributed by atoms with Crippen LogP contribution in [0.25, 0.3) is 0 Å². The van der Waals surface area contributed by atoms with E-state index in [1.807, 2.05) is 24.3 Å². The third kappa shape index (κ3) is 4.11. The van der Waals surface area contributed by atoms with Crippen molar-refractivity contribution in [2.75, 3.05) is 26.8 Å². The van der Waals surface area contributed by atoms with Crippen LogP contribution in [0, 0.1) is 0 Å². The van der Waals surface area contributed by atoms with Gasteiger partial charge < -0.3 is 19.7 Å². The first-order chi connectivity index (χ1) is 10.1. The largest absolute Gasteiger partial charge is 0.497 e. The van der Waals surface area contributed by atoms with Gasteiger partial charge in [-0.25, -0.2) is 0 Å². The zero-order chi connectivity index (χ0) is 15.2. The number of ether oxygens (including phenoxy) is 2. The first-order valence-electron chi connectivity index (χ1n) is 6.95. The second-order valence-corrected chi connectivity index (χ2v) is 4.89. The van der Waals surface area contributed by atoms with Crippen LogP contribution in [0.3, 0.4) is 0 Å². The maximum Gasteiger partial charge on any atom is 0.244 e. The van der Waals surface area contributed by atoms with Gasteiger partial charge in [0.25, 0.3) is 0 Å². The van der Waals surface area contributed by atoms with Crippen molar-refractivity contribution in [1.82, 2.24) is 10.2 Å². The quantitative estimate of drug-likeness (QED) is 0.872.